The average Bonchev–Trinajstić information content (AvgIpc) is 2.69. The van der Waals surface area contributed by atoms with E-state index in [-0.39, 0.29) is 22.5 Å². The Morgan fingerprint density at radius 2 is 1.33 bits per heavy atom. The summed E-state index contributed by atoms with van der Waals surface area (Å²) in [6.45, 7) is 0. The summed E-state index contributed by atoms with van der Waals surface area (Å²) in [5.41, 5.74) is 12.5. The van der Waals surface area contributed by atoms with Crippen molar-refractivity contribution in [3.63, 3.8) is 0 Å². The topological polar surface area (TPSA) is 125 Å². The number of rotatable bonds is 0. The first-order chi connectivity index (χ1) is 7.20. The molecule has 0 aliphatic rings. The van der Waals surface area contributed by atoms with Gasteiger partial charge in [-0.2, -0.15) is 19.3 Å². The fourth-order valence-corrected chi connectivity index (χ4v) is 1.83. The molecule has 1 aromatic heterocycles. The van der Waals surface area contributed by atoms with Crippen LogP contribution in [0.2, 0.25) is 0 Å². The van der Waals surface area contributed by atoms with E-state index in [1.165, 1.54) is 0 Å². The number of nitrogens with two attached hydrogens (primary N) is 2. The van der Waals surface area contributed by atoms with Crippen LogP contribution in [0.4, 0.5) is 11.4 Å². The molecule has 4 N–H and O–H groups in total. The second kappa shape index (κ2) is 3.08. The number of nitrogen functional groups attached to an aromatic ring is 2. The number of anilines is 2. The molecule has 15 heavy (non-hydrogen) atoms. The zero-order valence-corrected chi connectivity index (χ0v) is 8.17. The smallest absolute Gasteiger partial charge is 0.126 e. The van der Waals surface area contributed by atoms with Gasteiger partial charge < -0.3 is 11.5 Å². The quantitative estimate of drug-likeness (QED) is 0.621. The molecule has 0 fully saturated rings. The first-order valence-corrected chi connectivity index (χ1v) is 4.57. The van der Waals surface area contributed by atoms with Crippen molar-refractivity contribution >= 4 is 34.1 Å². The molecule has 2 aromatic rings. The van der Waals surface area contributed by atoms with Crippen LogP contribution in [0.15, 0.2) is 0 Å². The van der Waals surface area contributed by atoms with Crippen molar-refractivity contribution in [2.45, 2.75) is 0 Å². The molecule has 0 amide bonds. The average molecular weight is 216 g/mol. The first-order valence-electron chi connectivity index (χ1n) is 3.84. The Morgan fingerprint density at radius 3 is 1.67 bits per heavy atom. The van der Waals surface area contributed by atoms with Gasteiger partial charge in [0.2, 0.25) is 0 Å². The Hall–Kier alpha value is -2.38. The lowest BCUT2D eigenvalue weighted by Gasteiger charge is -2.04. The van der Waals surface area contributed by atoms with Gasteiger partial charge in [0.05, 0.1) is 23.1 Å². The van der Waals surface area contributed by atoms with Crippen LogP contribution in [-0.4, -0.2) is 8.75 Å². The fraction of sp³-hybridized carbons (Fsp3) is 0. The van der Waals surface area contributed by atoms with E-state index in [2.05, 4.69) is 8.75 Å². The van der Waals surface area contributed by atoms with Gasteiger partial charge in [-0.15, -0.1) is 0 Å². The third-order valence-electron chi connectivity index (χ3n) is 2.01. The minimum absolute atomic E-state index is 0.0919. The van der Waals surface area contributed by atoms with E-state index < -0.39 is 0 Å². The molecule has 0 bridgehead atoms. The third-order valence-corrected chi connectivity index (χ3v) is 2.54. The van der Waals surface area contributed by atoms with E-state index in [1.54, 1.807) is 0 Å². The molecule has 0 aliphatic heterocycles. The van der Waals surface area contributed by atoms with Crippen LogP contribution >= 0.6 is 11.7 Å². The van der Waals surface area contributed by atoms with Crippen LogP contribution < -0.4 is 11.5 Å². The summed E-state index contributed by atoms with van der Waals surface area (Å²) >= 11 is 0.916. The molecular weight excluding hydrogens is 212 g/mol. The number of nitrogens with zero attached hydrogens (tertiary/aromatic N) is 4. The van der Waals surface area contributed by atoms with E-state index in [1.807, 2.05) is 12.1 Å². The van der Waals surface area contributed by atoms with E-state index >= 15 is 0 Å². The maximum absolute atomic E-state index is 8.89. The van der Waals surface area contributed by atoms with E-state index in [0.717, 1.165) is 11.7 Å². The summed E-state index contributed by atoms with van der Waals surface area (Å²) in [5, 5.41) is 17.8. The first kappa shape index (κ1) is 9.19. The summed E-state index contributed by atoms with van der Waals surface area (Å²) in [5.74, 6) is 0. The Bertz CT molecular complexity index is 575. The van der Waals surface area contributed by atoms with Gasteiger partial charge in [0, 0.05) is 0 Å². The molecule has 0 unspecified atom stereocenters. The predicted molar refractivity (Wildman–Crippen MR) is 55.7 cm³/mol. The normalized spacial score (nSPS) is 9.73. The van der Waals surface area contributed by atoms with Crippen LogP contribution in [0, 0.1) is 22.7 Å². The molecule has 0 saturated carbocycles. The van der Waals surface area contributed by atoms with Crippen molar-refractivity contribution < 1.29 is 0 Å². The summed E-state index contributed by atoms with van der Waals surface area (Å²) in [7, 11) is 0. The van der Waals surface area contributed by atoms with E-state index in [4.69, 9.17) is 22.0 Å². The van der Waals surface area contributed by atoms with Gasteiger partial charge in [-0.25, -0.2) is 0 Å². The van der Waals surface area contributed by atoms with Crippen molar-refractivity contribution in [2.24, 2.45) is 0 Å². The Balaban J connectivity index is 3.08. The molecule has 1 heterocycles. The van der Waals surface area contributed by atoms with Gasteiger partial charge in [0.1, 0.15) is 34.3 Å². The minimum atomic E-state index is 0.0919. The second-order valence-corrected chi connectivity index (χ2v) is 3.29. The Labute approximate surface area is 88.7 Å². The number of hydrogen-bond acceptors (Lipinski definition) is 7. The van der Waals surface area contributed by atoms with Crippen molar-refractivity contribution in [1.29, 1.82) is 10.5 Å². The van der Waals surface area contributed by atoms with Crippen molar-refractivity contribution in [1.82, 2.24) is 8.75 Å². The highest BCUT2D eigenvalue weighted by molar-refractivity contribution is 7.00. The zero-order valence-electron chi connectivity index (χ0n) is 7.35. The highest BCUT2D eigenvalue weighted by Gasteiger charge is 2.18. The van der Waals surface area contributed by atoms with Gasteiger partial charge in [-0.1, -0.05) is 0 Å². The standard InChI is InChI=1S/C8H4N6S/c9-1-3-5(11)6(12)4(2-10)8-7(3)13-15-14-8/h11-12H2. The van der Waals surface area contributed by atoms with Crippen LogP contribution in [0.3, 0.4) is 0 Å². The maximum atomic E-state index is 8.89. The maximum Gasteiger partial charge on any atom is 0.126 e. The van der Waals surface area contributed by atoms with Crippen molar-refractivity contribution in [3.05, 3.63) is 11.1 Å². The molecule has 1 aromatic carbocycles. The van der Waals surface area contributed by atoms with Gasteiger partial charge >= 0.3 is 0 Å². The van der Waals surface area contributed by atoms with Gasteiger partial charge in [-0.05, 0) is 0 Å². The van der Waals surface area contributed by atoms with Crippen LogP contribution in [0.25, 0.3) is 11.0 Å². The molecule has 0 saturated heterocycles. The molecule has 72 valence electrons. The van der Waals surface area contributed by atoms with Gasteiger partial charge in [0.15, 0.2) is 0 Å². The highest BCUT2D eigenvalue weighted by Crippen LogP contribution is 2.32. The fourth-order valence-electron chi connectivity index (χ4n) is 1.27. The highest BCUT2D eigenvalue weighted by atomic mass is 32.1. The lowest BCUT2D eigenvalue weighted by atomic mass is 10.1. The minimum Gasteiger partial charge on any atom is -0.396 e. The molecule has 0 radical (unpaired) electrons. The summed E-state index contributed by atoms with van der Waals surface area (Å²) in [4.78, 5) is 0. The molecule has 2 rings (SSSR count). The van der Waals surface area contributed by atoms with Crippen LogP contribution in [0.5, 0.6) is 0 Å². The number of hydrogen-bond donors (Lipinski definition) is 2. The summed E-state index contributed by atoms with van der Waals surface area (Å²) in [6, 6.07) is 3.81. The number of benzene rings is 1. The molecule has 7 heteroatoms. The molecule has 6 nitrogen and oxygen atoms in total. The van der Waals surface area contributed by atoms with Crippen LogP contribution in [-0.2, 0) is 0 Å². The molecular formula is C8H4N6S. The zero-order chi connectivity index (χ0) is 11.0. The molecule has 0 atom stereocenters. The number of nitriles is 2. The summed E-state index contributed by atoms with van der Waals surface area (Å²) < 4.78 is 7.84. The van der Waals surface area contributed by atoms with Crippen LogP contribution in [0.1, 0.15) is 11.1 Å². The largest absolute Gasteiger partial charge is 0.396 e. The van der Waals surface area contributed by atoms with Gasteiger partial charge in [-0.3, -0.25) is 0 Å². The van der Waals surface area contributed by atoms with E-state index in [9.17, 15) is 0 Å². The van der Waals surface area contributed by atoms with Crippen molar-refractivity contribution in [2.75, 3.05) is 11.5 Å². The lowest BCUT2D eigenvalue weighted by molar-refractivity contribution is 1.46. The SMILES string of the molecule is N#Cc1c(N)c(N)c(C#N)c2nsnc12. The predicted octanol–water partition coefficient (Wildman–Crippen LogP) is 0.599. The van der Waals surface area contributed by atoms with Gasteiger partial charge in [0.25, 0.3) is 0 Å². The monoisotopic (exact) mass is 216 g/mol. The lowest BCUT2D eigenvalue weighted by Crippen LogP contribution is -2.02. The Kier molecular flexibility index (Phi) is 1.89. The molecule has 0 spiro atoms. The van der Waals surface area contributed by atoms with Crippen molar-refractivity contribution in [3.8, 4) is 12.1 Å². The summed E-state index contributed by atoms with van der Waals surface area (Å²) in [6.07, 6.45) is 0. The Morgan fingerprint density at radius 1 is 0.933 bits per heavy atom. The molecule has 0 aliphatic carbocycles. The number of fused-ring (bicyclic) bond motifs is 1. The second-order valence-electron chi connectivity index (χ2n) is 2.76. The third kappa shape index (κ3) is 1.08. The number of aromatic nitrogens is 2. The van der Waals surface area contributed by atoms with E-state index in [0.29, 0.717) is 11.0 Å².